The average molecular weight is 266 g/mol. The Hall–Kier alpha value is -2.02. The normalized spacial score (nSPS) is 10.4. The van der Waals surface area contributed by atoms with E-state index in [2.05, 4.69) is 10.4 Å². The maximum Gasteiger partial charge on any atom is 0.267 e. The van der Waals surface area contributed by atoms with Crippen molar-refractivity contribution in [3.63, 3.8) is 0 Å². The van der Waals surface area contributed by atoms with Crippen LogP contribution in [0.3, 0.4) is 0 Å². The number of rotatable bonds is 3. The van der Waals surface area contributed by atoms with Crippen LogP contribution in [0.4, 0.5) is 11.5 Å². The Bertz CT molecular complexity index is 588. The van der Waals surface area contributed by atoms with Crippen molar-refractivity contribution >= 4 is 28.7 Å². The number of amides is 1. The van der Waals surface area contributed by atoms with E-state index in [1.807, 2.05) is 0 Å². The van der Waals surface area contributed by atoms with Gasteiger partial charge < -0.3 is 15.8 Å². The van der Waals surface area contributed by atoms with Crippen LogP contribution in [0.1, 0.15) is 15.4 Å². The van der Waals surface area contributed by atoms with Gasteiger partial charge in [0.15, 0.2) is 5.82 Å². The molecule has 6 nitrogen and oxygen atoms in total. The standard InChI is InChI=1S/C11H14N4O2S/c1-6-9(12)10(15(2)14-6)13-11(16)8-4-7(17-3)5-18-8/h4-5H,12H2,1-3H3,(H,13,16). The van der Waals surface area contributed by atoms with Gasteiger partial charge in [0.05, 0.1) is 23.4 Å². The summed E-state index contributed by atoms with van der Waals surface area (Å²) in [6.45, 7) is 1.79. The summed E-state index contributed by atoms with van der Waals surface area (Å²) in [6, 6.07) is 1.68. The van der Waals surface area contributed by atoms with Crippen LogP contribution in [0, 0.1) is 6.92 Å². The second-order valence-electron chi connectivity index (χ2n) is 3.78. The number of methoxy groups -OCH3 is 1. The first-order valence-electron chi connectivity index (χ1n) is 5.26. The molecule has 0 aliphatic carbocycles. The maximum atomic E-state index is 12.0. The molecule has 2 aromatic rings. The molecule has 0 spiro atoms. The highest BCUT2D eigenvalue weighted by Gasteiger charge is 2.15. The van der Waals surface area contributed by atoms with Crippen LogP contribution < -0.4 is 15.8 Å². The van der Waals surface area contributed by atoms with E-state index in [0.717, 1.165) is 0 Å². The zero-order chi connectivity index (χ0) is 13.3. The lowest BCUT2D eigenvalue weighted by Gasteiger charge is -2.04. The van der Waals surface area contributed by atoms with Crippen molar-refractivity contribution < 1.29 is 9.53 Å². The fourth-order valence-corrected chi connectivity index (χ4v) is 2.29. The number of thiophene rings is 1. The highest BCUT2D eigenvalue weighted by molar-refractivity contribution is 7.12. The number of nitrogens with two attached hydrogens (primary N) is 1. The van der Waals surface area contributed by atoms with E-state index in [0.29, 0.717) is 27.8 Å². The summed E-state index contributed by atoms with van der Waals surface area (Å²) in [5.74, 6) is 0.946. The molecule has 0 saturated carbocycles. The minimum absolute atomic E-state index is 0.224. The zero-order valence-electron chi connectivity index (χ0n) is 10.4. The number of carbonyl (C=O) groups is 1. The van der Waals surface area contributed by atoms with Gasteiger partial charge in [0, 0.05) is 18.5 Å². The van der Waals surface area contributed by atoms with E-state index >= 15 is 0 Å². The monoisotopic (exact) mass is 266 g/mol. The number of ether oxygens (including phenoxy) is 1. The molecular weight excluding hydrogens is 252 g/mol. The lowest BCUT2D eigenvalue weighted by molar-refractivity contribution is 0.102. The topological polar surface area (TPSA) is 82.2 Å². The third-order valence-corrected chi connectivity index (χ3v) is 3.44. The van der Waals surface area contributed by atoms with Crippen molar-refractivity contribution in [2.45, 2.75) is 6.92 Å². The average Bonchev–Trinajstić information content (AvgIpc) is 2.90. The molecule has 0 aromatic carbocycles. The van der Waals surface area contributed by atoms with E-state index in [-0.39, 0.29) is 5.91 Å². The molecule has 0 atom stereocenters. The zero-order valence-corrected chi connectivity index (χ0v) is 11.2. The van der Waals surface area contributed by atoms with Gasteiger partial charge in [0.1, 0.15) is 5.75 Å². The number of carbonyl (C=O) groups excluding carboxylic acids is 1. The second-order valence-corrected chi connectivity index (χ2v) is 4.69. The Morgan fingerprint density at radius 1 is 1.61 bits per heavy atom. The van der Waals surface area contributed by atoms with Crippen LogP contribution in [0.25, 0.3) is 0 Å². The van der Waals surface area contributed by atoms with E-state index in [1.165, 1.54) is 11.3 Å². The number of nitrogen functional groups attached to an aromatic ring is 1. The smallest absolute Gasteiger partial charge is 0.267 e. The molecule has 2 heterocycles. The number of hydrogen-bond donors (Lipinski definition) is 2. The molecular formula is C11H14N4O2S. The van der Waals surface area contributed by atoms with Crippen LogP contribution in [-0.2, 0) is 7.05 Å². The van der Waals surface area contributed by atoms with Gasteiger partial charge in [-0.25, -0.2) is 0 Å². The summed E-state index contributed by atoms with van der Waals surface area (Å²) in [5.41, 5.74) is 7.01. The fraction of sp³-hybridized carbons (Fsp3) is 0.273. The van der Waals surface area contributed by atoms with Gasteiger partial charge in [0.2, 0.25) is 0 Å². The predicted octanol–water partition coefficient (Wildman–Crippen LogP) is 1.63. The van der Waals surface area contributed by atoms with E-state index in [1.54, 1.807) is 37.2 Å². The van der Waals surface area contributed by atoms with Crippen LogP contribution in [-0.4, -0.2) is 22.8 Å². The van der Waals surface area contributed by atoms with Gasteiger partial charge in [0.25, 0.3) is 5.91 Å². The highest BCUT2D eigenvalue weighted by Crippen LogP contribution is 2.25. The summed E-state index contributed by atoms with van der Waals surface area (Å²) < 4.78 is 6.58. The van der Waals surface area contributed by atoms with Gasteiger partial charge in [-0.15, -0.1) is 11.3 Å². The molecule has 0 unspecified atom stereocenters. The Morgan fingerprint density at radius 3 is 2.83 bits per heavy atom. The Balaban J connectivity index is 2.21. The summed E-state index contributed by atoms with van der Waals surface area (Å²) >= 11 is 1.31. The predicted molar refractivity (Wildman–Crippen MR) is 71.2 cm³/mol. The third-order valence-electron chi connectivity index (χ3n) is 2.54. The molecule has 2 aromatic heterocycles. The first-order chi connectivity index (χ1) is 8.52. The summed E-state index contributed by atoms with van der Waals surface area (Å²) in [7, 11) is 3.29. The molecule has 0 radical (unpaired) electrons. The van der Waals surface area contributed by atoms with Gasteiger partial charge in [-0.3, -0.25) is 9.48 Å². The first-order valence-corrected chi connectivity index (χ1v) is 6.14. The molecule has 0 aliphatic heterocycles. The number of aromatic nitrogens is 2. The molecule has 2 rings (SSSR count). The number of anilines is 2. The van der Waals surface area contributed by atoms with E-state index in [4.69, 9.17) is 10.5 Å². The molecule has 1 amide bonds. The molecule has 0 saturated heterocycles. The number of hydrogen-bond acceptors (Lipinski definition) is 5. The van der Waals surface area contributed by atoms with Crippen molar-refractivity contribution in [3.8, 4) is 5.75 Å². The molecule has 0 fully saturated rings. The van der Waals surface area contributed by atoms with Crippen molar-refractivity contribution in [1.82, 2.24) is 9.78 Å². The van der Waals surface area contributed by atoms with Crippen molar-refractivity contribution in [3.05, 3.63) is 22.0 Å². The molecule has 3 N–H and O–H groups in total. The molecule has 7 heteroatoms. The Morgan fingerprint density at radius 2 is 2.33 bits per heavy atom. The second kappa shape index (κ2) is 4.69. The minimum atomic E-state index is -0.224. The van der Waals surface area contributed by atoms with Gasteiger partial charge in [-0.2, -0.15) is 5.10 Å². The van der Waals surface area contributed by atoms with Crippen LogP contribution in [0.2, 0.25) is 0 Å². The van der Waals surface area contributed by atoms with Gasteiger partial charge in [-0.05, 0) is 6.92 Å². The SMILES string of the molecule is COc1csc(C(=O)Nc2c(N)c(C)nn2C)c1. The lowest BCUT2D eigenvalue weighted by Crippen LogP contribution is -2.14. The van der Waals surface area contributed by atoms with Crippen molar-refractivity contribution in [1.29, 1.82) is 0 Å². The van der Waals surface area contributed by atoms with Crippen molar-refractivity contribution in [2.24, 2.45) is 7.05 Å². The van der Waals surface area contributed by atoms with Crippen LogP contribution >= 0.6 is 11.3 Å². The van der Waals surface area contributed by atoms with E-state index in [9.17, 15) is 4.79 Å². The van der Waals surface area contributed by atoms with Gasteiger partial charge in [-0.1, -0.05) is 0 Å². The summed E-state index contributed by atoms with van der Waals surface area (Å²) in [6.07, 6.45) is 0. The quantitative estimate of drug-likeness (QED) is 0.884. The number of nitrogens with one attached hydrogen (secondary N) is 1. The number of nitrogens with zero attached hydrogens (tertiary/aromatic N) is 2. The molecule has 0 bridgehead atoms. The first kappa shape index (κ1) is 12.4. The van der Waals surface area contributed by atoms with Crippen LogP contribution in [0.5, 0.6) is 5.75 Å². The summed E-state index contributed by atoms with van der Waals surface area (Å²) in [5, 5.41) is 8.65. The molecule has 0 aliphatic rings. The van der Waals surface area contributed by atoms with Crippen LogP contribution in [0.15, 0.2) is 11.4 Å². The van der Waals surface area contributed by atoms with Crippen molar-refractivity contribution in [2.75, 3.05) is 18.2 Å². The van der Waals surface area contributed by atoms with Gasteiger partial charge >= 0.3 is 0 Å². The van der Waals surface area contributed by atoms with E-state index < -0.39 is 0 Å². The largest absolute Gasteiger partial charge is 0.496 e. The fourth-order valence-electron chi connectivity index (χ4n) is 1.54. The Labute approximate surface area is 108 Å². The maximum absolute atomic E-state index is 12.0. The molecule has 96 valence electrons. The lowest BCUT2D eigenvalue weighted by atomic mass is 10.3. The number of aryl methyl sites for hydroxylation is 2. The minimum Gasteiger partial charge on any atom is -0.496 e. The highest BCUT2D eigenvalue weighted by atomic mass is 32.1. The molecule has 18 heavy (non-hydrogen) atoms. The Kier molecular flexibility index (Phi) is 3.24. The third kappa shape index (κ3) is 2.17. The summed E-state index contributed by atoms with van der Waals surface area (Å²) in [4.78, 5) is 12.6.